The van der Waals surface area contributed by atoms with Gasteiger partial charge in [0.15, 0.2) is 0 Å². The quantitative estimate of drug-likeness (QED) is 0.787. The van der Waals surface area contributed by atoms with E-state index in [-0.39, 0.29) is 11.3 Å². The minimum Gasteiger partial charge on any atom is -0.508 e. The van der Waals surface area contributed by atoms with Gasteiger partial charge in [-0.15, -0.1) is 0 Å². The Morgan fingerprint density at radius 2 is 1.85 bits per heavy atom. The third kappa shape index (κ3) is 3.22. The van der Waals surface area contributed by atoms with Crippen LogP contribution in [0.4, 0.5) is 0 Å². The van der Waals surface area contributed by atoms with Crippen molar-refractivity contribution in [3.8, 4) is 5.75 Å². The predicted molar refractivity (Wildman–Crippen MR) is 103 cm³/mol. The van der Waals surface area contributed by atoms with Gasteiger partial charge < -0.3 is 10.0 Å². The maximum absolute atomic E-state index is 12.9. The number of phenols is 1. The summed E-state index contributed by atoms with van der Waals surface area (Å²) in [6.45, 7) is 1.70. The number of aromatic hydroxyl groups is 1. The molecule has 0 spiro atoms. The predicted octanol–water partition coefficient (Wildman–Crippen LogP) is 2.79. The molecule has 1 atom stereocenters. The van der Waals surface area contributed by atoms with E-state index >= 15 is 0 Å². The molecule has 2 aromatic carbocycles. The summed E-state index contributed by atoms with van der Waals surface area (Å²) in [6, 6.07) is 15.2. The molecule has 134 valence electrons. The average molecular weight is 349 g/mol. The summed E-state index contributed by atoms with van der Waals surface area (Å²) < 4.78 is 1.64. The lowest BCUT2D eigenvalue weighted by Crippen LogP contribution is -2.35. The van der Waals surface area contributed by atoms with Crippen molar-refractivity contribution in [2.24, 2.45) is 0 Å². The molecule has 0 unspecified atom stereocenters. The van der Waals surface area contributed by atoms with E-state index in [1.165, 1.54) is 6.42 Å². The second kappa shape index (κ2) is 6.92. The molecular formula is C21H23N3O2. The van der Waals surface area contributed by atoms with Gasteiger partial charge in [0, 0.05) is 17.8 Å². The maximum Gasteiger partial charge on any atom is 0.274 e. The number of aromatic nitrogens is 2. The third-order valence-electron chi connectivity index (χ3n) is 5.31. The molecule has 0 saturated carbocycles. The summed E-state index contributed by atoms with van der Waals surface area (Å²) in [5.74, 6) is 0.251. The number of phenolic OH excluding ortho intramolecular Hbond substituents is 1. The molecule has 26 heavy (non-hydrogen) atoms. The number of likely N-dealkylation sites (N-methyl/N-ethyl adjacent to an activating group) is 1. The molecule has 1 aliphatic rings. The van der Waals surface area contributed by atoms with Gasteiger partial charge >= 0.3 is 0 Å². The van der Waals surface area contributed by atoms with Crippen LogP contribution in [0, 0.1) is 0 Å². The van der Waals surface area contributed by atoms with Gasteiger partial charge in [-0.25, -0.2) is 4.68 Å². The van der Waals surface area contributed by atoms with Crippen molar-refractivity contribution in [2.45, 2.75) is 31.8 Å². The number of rotatable bonds is 4. The second-order valence-corrected chi connectivity index (χ2v) is 7.10. The topological polar surface area (TPSA) is 58.4 Å². The summed E-state index contributed by atoms with van der Waals surface area (Å²) in [5, 5.41) is 15.8. The molecule has 1 aliphatic heterocycles. The maximum atomic E-state index is 12.9. The molecule has 5 nitrogen and oxygen atoms in total. The highest BCUT2D eigenvalue weighted by atomic mass is 16.3. The van der Waals surface area contributed by atoms with Crippen LogP contribution >= 0.6 is 0 Å². The van der Waals surface area contributed by atoms with Gasteiger partial charge in [0.2, 0.25) is 0 Å². The molecule has 0 radical (unpaired) electrons. The highest BCUT2D eigenvalue weighted by molar-refractivity contribution is 5.83. The molecule has 3 aromatic rings. The van der Waals surface area contributed by atoms with Crippen molar-refractivity contribution in [3.05, 3.63) is 70.1 Å². The molecule has 1 fully saturated rings. The van der Waals surface area contributed by atoms with Crippen LogP contribution in [0.2, 0.25) is 0 Å². The molecule has 0 aliphatic carbocycles. The van der Waals surface area contributed by atoms with E-state index in [9.17, 15) is 9.90 Å². The van der Waals surface area contributed by atoms with Crippen molar-refractivity contribution < 1.29 is 5.11 Å². The Bertz CT molecular complexity index is 979. The SMILES string of the molecule is CN1CCC[C@@H]1Cn1nc(Cc2ccc(O)cc2)c2ccccc2c1=O. The zero-order valence-corrected chi connectivity index (χ0v) is 14.9. The van der Waals surface area contributed by atoms with Gasteiger partial charge in [0.25, 0.3) is 5.56 Å². The Morgan fingerprint density at radius 1 is 1.12 bits per heavy atom. The van der Waals surface area contributed by atoms with Crippen LogP contribution in [0.15, 0.2) is 53.3 Å². The van der Waals surface area contributed by atoms with Gasteiger partial charge in [-0.2, -0.15) is 5.10 Å². The van der Waals surface area contributed by atoms with E-state index in [2.05, 4.69) is 11.9 Å². The second-order valence-electron chi connectivity index (χ2n) is 7.10. The fourth-order valence-corrected chi connectivity index (χ4v) is 3.78. The van der Waals surface area contributed by atoms with Gasteiger partial charge in [0.05, 0.1) is 17.6 Å². The highest BCUT2D eigenvalue weighted by Crippen LogP contribution is 2.20. The Morgan fingerprint density at radius 3 is 2.54 bits per heavy atom. The van der Waals surface area contributed by atoms with Crippen LogP contribution in [0.25, 0.3) is 10.8 Å². The van der Waals surface area contributed by atoms with Crippen molar-refractivity contribution in [1.82, 2.24) is 14.7 Å². The van der Waals surface area contributed by atoms with E-state index in [1.807, 2.05) is 36.4 Å². The molecule has 0 amide bonds. The minimum absolute atomic E-state index is 0.0182. The third-order valence-corrected chi connectivity index (χ3v) is 5.31. The first-order chi connectivity index (χ1) is 12.6. The highest BCUT2D eigenvalue weighted by Gasteiger charge is 2.23. The van der Waals surface area contributed by atoms with E-state index in [0.717, 1.165) is 35.0 Å². The van der Waals surface area contributed by atoms with E-state index < -0.39 is 0 Å². The Kier molecular flexibility index (Phi) is 4.47. The van der Waals surface area contributed by atoms with E-state index in [0.29, 0.717) is 19.0 Å². The van der Waals surface area contributed by atoms with Gasteiger partial charge in [-0.3, -0.25) is 4.79 Å². The summed E-state index contributed by atoms with van der Waals surface area (Å²) in [4.78, 5) is 15.2. The smallest absolute Gasteiger partial charge is 0.274 e. The van der Waals surface area contributed by atoms with Crippen LogP contribution in [0.3, 0.4) is 0 Å². The molecule has 5 heteroatoms. The molecule has 0 bridgehead atoms. The number of nitrogens with zero attached hydrogens (tertiary/aromatic N) is 3. The van der Waals surface area contributed by atoms with E-state index in [1.54, 1.807) is 16.8 Å². The van der Waals surface area contributed by atoms with Gasteiger partial charge in [-0.05, 0) is 50.2 Å². The Balaban J connectivity index is 1.76. The van der Waals surface area contributed by atoms with Crippen LogP contribution in [-0.4, -0.2) is 39.4 Å². The fourth-order valence-electron chi connectivity index (χ4n) is 3.78. The first-order valence-electron chi connectivity index (χ1n) is 9.09. The molecule has 1 N–H and O–H groups in total. The van der Waals surface area contributed by atoms with Crippen LogP contribution < -0.4 is 5.56 Å². The molecule has 1 saturated heterocycles. The van der Waals surface area contributed by atoms with Crippen molar-refractivity contribution in [1.29, 1.82) is 0 Å². The molecular weight excluding hydrogens is 326 g/mol. The summed E-state index contributed by atoms with van der Waals surface area (Å²) in [7, 11) is 2.11. The van der Waals surface area contributed by atoms with Crippen LogP contribution in [-0.2, 0) is 13.0 Å². The number of hydrogen-bond donors (Lipinski definition) is 1. The monoisotopic (exact) mass is 349 g/mol. The fraction of sp³-hybridized carbons (Fsp3) is 0.333. The van der Waals surface area contributed by atoms with Crippen molar-refractivity contribution in [3.63, 3.8) is 0 Å². The lowest BCUT2D eigenvalue weighted by Gasteiger charge is -2.20. The first kappa shape index (κ1) is 16.8. The van der Waals surface area contributed by atoms with E-state index in [4.69, 9.17) is 5.10 Å². The normalized spacial score (nSPS) is 17.8. The summed E-state index contributed by atoms with van der Waals surface area (Å²) in [5.41, 5.74) is 1.94. The Labute approximate surface area is 152 Å². The minimum atomic E-state index is -0.0182. The summed E-state index contributed by atoms with van der Waals surface area (Å²) in [6.07, 6.45) is 2.90. The zero-order valence-electron chi connectivity index (χ0n) is 14.9. The lowest BCUT2D eigenvalue weighted by atomic mass is 10.0. The van der Waals surface area contributed by atoms with Crippen molar-refractivity contribution in [2.75, 3.05) is 13.6 Å². The number of fused-ring (bicyclic) bond motifs is 1. The molecule has 1 aromatic heterocycles. The largest absolute Gasteiger partial charge is 0.508 e. The number of benzene rings is 2. The van der Waals surface area contributed by atoms with Gasteiger partial charge in [0.1, 0.15) is 5.75 Å². The lowest BCUT2D eigenvalue weighted by molar-refractivity contribution is 0.270. The van der Waals surface area contributed by atoms with Gasteiger partial charge in [-0.1, -0.05) is 30.3 Å². The first-order valence-corrected chi connectivity index (χ1v) is 9.09. The number of likely N-dealkylation sites (tertiary alicyclic amines) is 1. The molecule has 4 rings (SSSR count). The average Bonchev–Trinajstić information content (AvgIpc) is 3.05. The van der Waals surface area contributed by atoms with Crippen molar-refractivity contribution >= 4 is 10.8 Å². The zero-order chi connectivity index (χ0) is 18.1. The Hall–Kier alpha value is -2.66. The summed E-state index contributed by atoms with van der Waals surface area (Å²) >= 11 is 0. The van der Waals surface area contributed by atoms with Crippen LogP contribution in [0.5, 0.6) is 5.75 Å². The molecule has 2 heterocycles. The van der Waals surface area contributed by atoms with Crippen LogP contribution in [0.1, 0.15) is 24.1 Å². The standard InChI is InChI=1S/C21H23N3O2/c1-23-12-4-5-16(23)14-24-21(26)19-7-3-2-6-18(19)20(22-24)13-15-8-10-17(25)11-9-15/h2-3,6-11,16,25H,4-5,12-14H2,1H3/t16-/m1/s1. The number of hydrogen-bond acceptors (Lipinski definition) is 4.